The van der Waals surface area contributed by atoms with Crippen molar-refractivity contribution in [2.45, 2.75) is 96.8 Å². The van der Waals surface area contributed by atoms with Crippen molar-refractivity contribution in [1.82, 2.24) is 0 Å². The molecule has 0 bridgehead atoms. The van der Waals surface area contributed by atoms with Gasteiger partial charge in [-0.05, 0) is 79.9 Å². The lowest BCUT2D eigenvalue weighted by molar-refractivity contribution is 0.140. The molecule has 148 valence electrons. The van der Waals surface area contributed by atoms with Crippen molar-refractivity contribution in [2.75, 3.05) is 0 Å². The molecule has 0 amide bonds. The summed E-state index contributed by atoms with van der Waals surface area (Å²) in [5.74, 6) is 4.18. The highest BCUT2D eigenvalue weighted by atomic mass is 14.4. The van der Waals surface area contributed by atoms with Crippen LogP contribution in [0.5, 0.6) is 0 Å². The summed E-state index contributed by atoms with van der Waals surface area (Å²) in [5.41, 5.74) is 2.16. The molecule has 0 atom stereocenters. The van der Waals surface area contributed by atoms with Crippen LogP contribution in [0.2, 0.25) is 0 Å². The van der Waals surface area contributed by atoms with Crippen LogP contribution in [-0.2, 0) is 6.42 Å². The Morgan fingerprint density at radius 3 is 1.85 bits per heavy atom. The van der Waals surface area contributed by atoms with Crippen molar-refractivity contribution >= 4 is 0 Å². The molecule has 1 heteroatoms. The van der Waals surface area contributed by atoms with E-state index in [1.807, 2.05) is 12.1 Å². The summed E-state index contributed by atoms with van der Waals surface area (Å²) in [6, 6.07) is 10.3. The molecule has 2 saturated carbocycles. The molecule has 0 saturated heterocycles. The smallest absolute Gasteiger partial charge is 0.0991 e. The predicted octanol–water partition coefficient (Wildman–Crippen LogP) is 7.68. The topological polar surface area (TPSA) is 23.8 Å². The van der Waals surface area contributed by atoms with E-state index < -0.39 is 0 Å². The van der Waals surface area contributed by atoms with Crippen molar-refractivity contribution < 1.29 is 0 Å². The maximum Gasteiger partial charge on any atom is 0.0991 e. The highest BCUT2D eigenvalue weighted by molar-refractivity contribution is 5.31. The zero-order chi connectivity index (χ0) is 18.9. The minimum Gasteiger partial charge on any atom is -0.192 e. The lowest BCUT2D eigenvalue weighted by Gasteiger charge is -2.38. The molecule has 0 unspecified atom stereocenters. The molecule has 1 aromatic carbocycles. The second-order valence-corrected chi connectivity index (χ2v) is 9.40. The number of unbranched alkanes of at least 4 members (excludes halogenated alkanes) is 1. The van der Waals surface area contributed by atoms with E-state index in [2.05, 4.69) is 25.1 Å². The number of aryl methyl sites for hydroxylation is 1. The SMILES string of the molecule is CCC[C@H]1CC[C@H](C2CCC(CCCCc3ccc(C#N)cc3)CC2)CC1. The lowest BCUT2D eigenvalue weighted by Crippen LogP contribution is -2.25. The van der Waals surface area contributed by atoms with E-state index in [9.17, 15) is 0 Å². The second-order valence-electron chi connectivity index (χ2n) is 9.40. The quantitative estimate of drug-likeness (QED) is 0.433. The minimum atomic E-state index is 0.773. The van der Waals surface area contributed by atoms with E-state index in [0.29, 0.717) is 0 Å². The van der Waals surface area contributed by atoms with Crippen LogP contribution in [0.4, 0.5) is 0 Å². The van der Waals surface area contributed by atoms with Crippen LogP contribution in [0.15, 0.2) is 24.3 Å². The molecule has 3 rings (SSSR count). The summed E-state index contributed by atoms with van der Waals surface area (Å²) in [4.78, 5) is 0. The van der Waals surface area contributed by atoms with Crippen molar-refractivity contribution in [3.05, 3.63) is 35.4 Å². The Bertz CT molecular complexity index is 565. The number of rotatable bonds is 8. The van der Waals surface area contributed by atoms with Gasteiger partial charge in [0.1, 0.15) is 0 Å². The molecule has 2 fully saturated rings. The number of nitrogens with zero attached hydrogens (tertiary/aromatic N) is 1. The summed E-state index contributed by atoms with van der Waals surface area (Å²) in [6.07, 6.45) is 20.3. The van der Waals surface area contributed by atoms with Crippen molar-refractivity contribution in [1.29, 1.82) is 5.26 Å². The van der Waals surface area contributed by atoms with Gasteiger partial charge in [0.2, 0.25) is 0 Å². The predicted molar refractivity (Wildman–Crippen MR) is 115 cm³/mol. The fourth-order valence-electron chi connectivity index (χ4n) is 5.81. The fourth-order valence-corrected chi connectivity index (χ4v) is 5.81. The number of hydrogen-bond acceptors (Lipinski definition) is 1. The third-order valence-corrected chi connectivity index (χ3v) is 7.56. The molecule has 0 heterocycles. The van der Waals surface area contributed by atoms with Gasteiger partial charge in [-0.3, -0.25) is 0 Å². The molecule has 1 aromatic rings. The van der Waals surface area contributed by atoms with Gasteiger partial charge in [-0.1, -0.05) is 70.4 Å². The van der Waals surface area contributed by atoms with Gasteiger partial charge in [0.15, 0.2) is 0 Å². The van der Waals surface area contributed by atoms with Gasteiger partial charge in [0, 0.05) is 0 Å². The summed E-state index contributed by atoms with van der Waals surface area (Å²) in [7, 11) is 0. The van der Waals surface area contributed by atoms with Gasteiger partial charge in [-0.15, -0.1) is 0 Å². The van der Waals surface area contributed by atoms with E-state index in [1.54, 1.807) is 0 Å². The molecule has 0 N–H and O–H groups in total. The van der Waals surface area contributed by atoms with E-state index in [4.69, 9.17) is 5.26 Å². The van der Waals surface area contributed by atoms with Crippen LogP contribution >= 0.6 is 0 Å². The third-order valence-electron chi connectivity index (χ3n) is 7.56. The minimum absolute atomic E-state index is 0.773. The highest BCUT2D eigenvalue weighted by Crippen LogP contribution is 2.43. The van der Waals surface area contributed by atoms with Crippen molar-refractivity contribution in [3.8, 4) is 6.07 Å². The van der Waals surface area contributed by atoms with E-state index in [1.165, 1.54) is 95.5 Å². The lowest BCUT2D eigenvalue weighted by atomic mass is 9.68. The number of benzene rings is 1. The Hall–Kier alpha value is -1.29. The molecular formula is C26H39N. The number of nitriles is 1. The first-order valence-corrected chi connectivity index (χ1v) is 11.8. The summed E-state index contributed by atoms with van der Waals surface area (Å²) in [6.45, 7) is 2.34. The Morgan fingerprint density at radius 2 is 1.33 bits per heavy atom. The van der Waals surface area contributed by atoms with Gasteiger partial charge in [-0.2, -0.15) is 5.26 Å². The van der Waals surface area contributed by atoms with Crippen molar-refractivity contribution in [3.63, 3.8) is 0 Å². The Labute approximate surface area is 167 Å². The maximum absolute atomic E-state index is 8.87. The molecule has 0 aliphatic heterocycles. The van der Waals surface area contributed by atoms with Crippen LogP contribution in [-0.4, -0.2) is 0 Å². The Morgan fingerprint density at radius 1 is 0.778 bits per heavy atom. The molecule has 0 radical (unpaired) electrons. The summed E-state index contributed by atoms with van der Waals surface area (Å²) < 4.78 is 0. The van der Waals surface area contributed by atoms with Crippen molar-refractivity contribution in [2.24, 2.45) is 23.7 Å². The number of hydrogen-bond donors (Lipinski definition) is 0. The normalized spacial score (nSPS) is 28.6. The van der Waals surface area contributed by atoms with Crippen LogP contribution < -0.4 is 0 Å². The molecule has 1 nitrogen and oxygen atoms in total. The average molecular weight is 366 g/mol. The standard InChI is InChI=1S/C26H39N/c1-2-5-21-12-16-25(17-13-21)26-18-14-23(15-19-26)7-4-3-6-22-8-10-24(20-27)11-9-22/h8-11,21,23,25-26H,2-7,12-19H2,1H3/t21-,23?,25-,26?. The van der Waals surface area contributed by atoms with Gasteiger partial charge in [-0.25, -0.2) is 0 Å². The van der Waals surface area contributed by atoms with Crippen LogP contribution in [0.3, 0.4) is 0 Å². The second kappa shape index (κ2) is 10.9. The molecule has 0 spiro atoms. The zero-order valence-corrected chi connectivity index (χ0v) is 17.5. The largest absolute Gasteiger partial charge is 0.192 e. The molecule has 0 aromatic heterocycles. The molecule has 27 heavy (non-hydrogen) atoms. The van der Waals surface area contributed by atoms with Gasteiger partial charge < -0.3 is 0 Å². The fraction of sp³-hybridized carbons (Fsp3) is 0.731. The molecular weight excluding hydrogens is 326 g/mol. The first-order chi connectivity index (χ1) is 13.3. The monoisotopic (exact) mass is 365 g/mol. The third kappa shape index (κ3) is 6.38. The zero-order valence-electron chi connectivity index (χ0n) is 17.5. The summed E-state index contributed by atoms with van der Waals surface area (Å²) in [5, 5.41) is 8.87. The molecule has 2 aliphatic rings. The van der Waals surface area contributed by atoms with E-state index in [0.717, 1.165) is 29.2 Å². The van der Waals surface area contributed by atoms with Crippen LogP contribution in [0.1, 0.15) is 102 Å². The first kappa shape index (κ1) is 20.4. The summed E-state index contributed by atoms with van der Waals surface area (Å²) >= 11 is 0. The van der Waals surface area contributed by atoms with E-state index >= 15 is 0 Å². The van der Waals surface area contributed by atoms with Gasteiger partial charge in [0.25, 0.3) is 0 Å². The Kier molecular flexibility index (Phi) is 8.25. The van der Waals surface area contributed by atoms with E-state index in [-0.39, 0.29) is 0 Å². The first-order valence-electron chi connectivity index (χ1n) is 11.8. The highest BCUT2D eigenvalue weighted by Gasteiger charge is 2.30. The van der Waals surface area contributed by atoms with Crippen LogP contribution in [0.25, 0.3) is 0 Å². The van der Waals surface area contributed by atoms with Gasteiger partial charge in [0.05, 0.1) is 11.6 Å². The molecule has 2 aliphatic carbocycles. The van der Waals surface area contributed by atoms with Crippen LogP contribution in [0, 0.1) is 35.0 Å². The Balaban J connectivity index is 1.28. The maximum atomic E-state index is 8.87. The van der Waals surface area contributed by atoms with Gasteiger partial charge >= 0.3 is 0 Å². The average Bonchev–Trinajstić information content (AvgIpc) is 2.73.